The van der Waals surface area contributed by atoms with Gasteiger partial charge in [-0.15, -0.1) is 6.42 Å². The summed E-state index contributed by atoms with van der Waals surface area (Å²) >= 11 is 0. The van der Waals surface area contributed by atoms with E-state index < -0.39 is 0 Å². The van der Waals surface area contributed by atoms with E-state index in [1.807, 2.05) is 20.8 Å². The SMILES string of the molecule is C#CC(CC)NCC(=O)NC(C)CC. The lowest BCUT2D eigenvalue weighted by atomic mass is 10.2. The Labute approximate surface area is 86.6 Å². The topological polar surface area (TPSA) is 41.1 Å². The van der Waals surface area contributed by atoms with Crippen molar-refractivity contribution in [2.45, 2.75) is 45.7 Å². The first kappa shape index (κ1) is 13.0. The predicted octanol–water partition coefficient (Wildman–Crippen LogP) is 0.902. The van der Waals surface area contributed by atoms with Crippen LogP contribution in [0.1, 0.15) is 33.6 Å². The third kappa shape index (κ3) is 5.60. The van der Waals surface area contributed by atoms with Gasteiger partial charge in [0.2, 0.25) is 5.91 Å². The van der Waals surface area contributed by atoms with Crippen molar-refractivity contribution in [2.24, 2.45) is 0 Å². The molecular formula is C11H20N2O. The van der Waals surface area contributed by atoms with Crippen LogP contribution in [0.15, 0.2) is 0 Å². The summed E-state index contributed by atoms with van der Waals surface area (Å²) in [7, 11) is 0. The molecule has 0 fully saturated rings. The molecule has 0 heterocycles. The molecule has 0 saturated heterocycles. The van der Waals surface area contributed by atoms with E-state index in [0.717, 1.165) is 12.8 Å². The fraction of sp³-hybridized carbons (Fsp3) is 0.727. The number of hydrogen-bond donors (Lipinski definition) is 2. The number of terminal acetylenes is 1. The maximum Gasteiger partial charge on any atom is 0.234 e. The van der Waals surface area contributed by atoms with Gasteiger partial charge in [0.15, 0.2) is 0 Å². The summed E-state index contributed by atoms with van der Waals surface area (Å²) in [4.78, 5) is 11.3. The van der Waals surface area contributed by atoms with Gasteiger partial charge in [-0.1, -0.05) is 19.8 Å². The van der Waals surface area contributed by atoms with Crippen molar-refractivity contribution in [3.63, 3.8) is 0 Å². The van der Waals surface area contributed by atoms with E-state index >= 15 is 0 Å². The number of carbonyl (C=O) groups excluding carboxylic acids is 1. The fourth-order valence-corrected chi connectivity index (χ4v) is 0.965. The molecule has 0 aromatic heterocycles. The standard InChI is InChI=1S/C11H20N2O/c1-5-9(4)13-11(14)8-12-10(6-2)7-3/h2,9-10,12H,5,7-8H2,1,3-4H3,(H,13,14). The summed E-state index contributed by atoms with van der Waals surface area (Å²) in [5, 5.41) is 5.86. The van der Waals surface area contributed by atoms with Crippen LogP contribution >= 0.6 is 0 Å². The summed E-state index contributed by atoms with van der Waals surface area (Å²) in [6.45, 7) is 6.31. The number of carbonyl (C=O) groups is 1. The normalized spacial score (nSPS) is 14.1. The smallest absolute Gasteiger partial charge is 0.234 e. The van der Waals surface area contributed by atoms with Crippen molar-refractivity contribution in [3.05, 3.63) is 0 Å². The zero-order valence-electron chi connectivity index (χ0n) is 9.26. The molecule has 0 aliphatic heterocycles. The monoisotopic (exact) mass is 196 g/mol. The third-order valence-electron chi connectivity index (χ3n) is 2.14. The van der Waals surface area contributed by atoms with Gasteiger partial charge in [-0.3, -0.25) is 10.1 Å². The molecule has 0 aromatic carbocycles. The minimum Gasteiger partial charge on any atom is -0.353 e. The Morgan fingerprint density at radius 1 is 1.43 bits per heavy atom. The van der Waals surface area contributed by atoms with Crippen molar-refractivity contribution >= 4 is 5.91 Å². The molecule has 80 valence electrons. The van der Waals surface area contributed by atoms with Crippen molar-refractivity contribution < 1.29 is 4.79 Å². The lowest BCUT2D eigenvalue weighted by molar-refractivity contribution is -0.120. The first-order chi connectivity index (χ1) is 6.63. The average Bonchev–Trinajstić information content (AvgIpc) is 2.19. The van der Waals surface area contributed by atoms with Crippen LogP contribution < -0.4 is 10.6 Å². The quantitative estimate of drug-likeness (QED) is 0.620. The number of rotatable bonds is 6. The first-order valence-corrected chi connectivity index (χ1v) is 5.12. The maximum absolute atomic E-state index is 11.3. The van der Waals surface area contributed by atoms with E-state index in [-0.39, 0.29) is 18.0 Å². The molecule has 2 N–H and O–H groups in total. The van der Waals surface area contributed by atoms with Crippen molar-refractivity contribution in [1.82, 2.24) is 10.6 Å². The van der Waals surface area contributed by atoms with E-state index in [4.69, 9.17) is 6.42 Å². The molecule has 1 amide bonds. The van der Waals surface area contributed by atoms with E-state index in [2.05, 4.69) is 16.6 Å². The molecule has 14 heavy (non-hydrogen) atoms. The molecule has 0 saturated carbocycles. The Hall–Kier alpha value is -1.01. The van der Waals surface area contributed by atoms with E-state index in [0.29, 0.717) is 6.54 Å². The van der Waals surface area contributed by atoms with Crippen molar-refractivity contribution in [1.29, 1.82) is 0 Å². The average molecular weight is 196 g/mol. The molecule has 0 aromatic rings. The summed E-state index contributed by atoms with van der Waals surface area (Å²) in [5.41, 5.74) is 0. The Kier molecular flexibility index (Phi) is 6.87. The van der Waals surface area contributed by atoms with Crippen LogP contribution in [0.4, 0.5) is 0 Å². The van der Waals surface area contributed by atoms with Crippen LogP contribution in [0.5, 0.6) is 0 Å². The van der Waals surface area contributed by atoms with Crippen LogP contribution in [0.2, 0.25) is 0 Å². The van der Waals surface area contributed by atoms with Gasteiger partial charge in [-0.25, -0.2) is 0 Å². The zero-order valence-corrected chi connectivity index (χ0v) is 9.26. The highest BCUT2D eigenvalue weighted by atomic mass is 16.1. The summed E-state index contributed by atoms with van der Waals surface area (Å²) in [6.07, 6.45) is 7.04. The molecule has 0 rings (SSSR count). The molecule has 2 atom stereocenters. The predicted molar refractivity (Wildman–Crippen MR) is 58.8 cm³/mol. The van der Waals surface area contributed by atoms with Crippen LogP contribution in [0.3, 0.4) is 0 Å². The molecule has 0 aliphatic carbocycles. The second-order valence-corrected chi connectivity index (χ2v) is 3.39. The van der Waals surface area contributed by atoms with Crippen LogP contribution in [-0.4, -0.2) is 24.5 Å². The highest BCUT2D eigenvalue weighted by molar-refractivity contribution is 5.78. The van der Waals surface area contributed by atoms with E-state index in [1.165, 1.54) is 0 Å². The summed E-state index contributed by atoms with van der Waals surface area (Å²) in [5.74, 6) is 2.59. The van der Waals surface area contributed by atoms with E-state index in [1.54, 1.807) is 0 Å². The second kappa shape index (κ2) is 7.40. The van der Waals surface area contributed by atoms with Crippen LogP contribution in [-0.2, 0) is 4.79 Å². The number of hydrogen-bond acceptors (Lipinski definition) is 2. The fourth-order valence-electron chi connectivity index (χ4n) is 0.965. The number of nitrogens with one attached hydrogen (secondary N) is 2. The maximum atomic E-state index is 11.3. The Morgan fingerprint density at radius 2 is 2.07 bits per heavy atom. The van der Waals surface area contributed by atoms with Gasteiger partial charge in [0.1, 0.15) is 0 Å². The molecule has 2 unspecified atom stereocenters. The minimum absolute atomic E-state index is 0.00215. The summed E-state index contributed by atoms with van der Waals surface area (Å²) in [6, 6.07) is 0.230. The largest absolute Gasteiger partial charge is 0.353 e. The molecular weight excluding hydrogens is 176 g/mol. The molecule has 0 aliphatic rings. The zero-order chi connectivity index (χ0) is 11.0. The van der Waals surface area contributed by atoms with E-state index in [9.17, 15) is 4.79 Å². The highest BCUT2D eigenvalue weighted by Gasteiger charge is 2.07. The first-order valence-electron chi connectivity index (χ1n) is 5.12. The van der Waals surface area contributed by atoms with Crippen LogP contribution in [0.25, 0.3) is 0 Å². The van der Waals surface area contributed by atoms with Crippen molar-refractivity contribution in [2.75, 3.05) is 6.54 Å². The van der Waals surface area contributed by atoms with Gasteiger partial charge in [0, 0.05) is 6.04 Å². The Bertz CT molecular complexity index is 208. The van der Waals surface area contributed by atoms with Gasteiger partial charge in [-0.2, -0.15) is 0 Å². The Morgan fingerprint density at radius 3 is 2.50 bits per heavy atom. The second-order valence-electron chi connectivity index (χ2n) is 3.39. The summed E-state index contributed by atoms with van der Waals surface area (Å²) < 4.78 is 0. The molecule has 0 bridgehead atoms. The third-order valence-corrected chi connectivity index (χ3v) is 2.14. The highest BCUT2D eigenvalue weighted by Crippen LogP contribution is 1.89. The Balaban J connectivity index is 3.69. The van der Waals surface area contributed by atoms with Crippen molar-refractivity contribution in [3.8, 4) is 12.3 Å². The van der Waals surface area contributed by atoms with Crippen LogP contribution in [0, 0.1) is 12.3 Å². The molecule has 0 spiro atoms. The molecule has 0 radical (unpaired) electrons. The lowest BCUT2D eigenvalue weighted by Gasteiger charge is -2.13. The number of amides is 1. The van der Waals surface area contributed by atoms with Gasteiger partial charge in [-0.05, 0) is 19.8 Å². The van der Waals surface area contributed by atoms with Gasteiger partial charge in [0.05, 0.1) is 12.6 Å². The minimum atomic E-state index is -0.00215. The lowest BCUT2D eigenvalue weighted by Crippen LogP contribution is -2.41. The molecule has 3 nitrogen and oxygen atoms in total. The van der Waals surface area contributed by atoms with Gasteiger partial charge >= 0.3 is 0 Å². The van der Waals surface area contributed by atoms with Gasteiger partial charge < -0.3 is 5.32 Å². The van der Waals surface area contributed by atoms with Gasteiger partial charge in [0.25, 0.3) is 0 Å². The molecule has 3 heteroatoms.